The molecule has 0 N–H and O–H groups in total. The van der Waals surface area contributed by atoms with Crippen molar-refractivity contribution < 1.29 is 14.2 Å². The van der Waals surface area contributed by atoms with Gasteiger partial charge >= 0.3 is 0 Å². The largest absolute Gasteiger partial charge is 0.380 e. The van der Waals surface area contributed by atoms with Gasteiger partial charge in [-0.15, -0.1) is 8.58 Å². The molecule has 25 heavy (non-hydrogen) atoms. The van der Waals surface area contributed by atoms with E-state index in [1.807, 2.05) is 12.1 Å². The number of ether oxygens (including phenoxy) is 3. The van der Waals surface area contributed by atoms with Gasteiger partial charge in [0.05, 0.1) is 70.7 Å². The molecule has 0 rings (SSSR count). The predicted octanol–water partition coefficient (Wildman–Crippen LogP) is 2.21. The zero-order valence-corrected chi connectivity index (χ0v) is 15.4. The Bertz CT molecular complexity index is 415. The van der Waals surface area contributed by atoms with Crippen molar-refractivity contribution in [3.8, 4) is 18.2 Å². The van der Waals surface area contributed by atoms with Gasteiger partial charge in [0.1, 0.15) is 6.54 Å². The second kappa shape index (κ2) is 17.2. The lowest BCUT2D eigenvalue weighted by Crippen LogP contribution is -2.40. The van der Waals surface area contributed by atoms with Gasteiger partial charge in [-0.05, 0) is 12.3 Å². The third-order valence-corrected chi connectivity index (χ3v) is 4.79. The topological polar surface area (TPSA) is 128 Å². The maximum Gasteiger partial charge on any atom is 0.104 e. The van der Waals surface area contributed by atoms with Crippen LogP contribution in [0.15, 0.2) is 5.18 Å². The van der Waals surface area contributed by atoms with E-state index in [0.29, 0.717) is 60.9 Å². The first-order valence-corrected chi connectivity index (χ1v) is 9.50. The van der Waals surface area contributed by atoms with Crippen molar-refractivity contribution in [3.63, 3.8) is 0 Å². The molecule has 0 spiro atoms. The Labute approximate surface area is 150 Å². The molecule has 0 aliphatic carbocycles. The van der Waals surface area contributed by atoms with Crippen LogP contribution in [-0.2, 0) is 14.2 Å². The summed E-state index contributed by atoms with van der Waals surface area (Å²) in [4.78, 5) is 10.2. The number of rotatable bonds is 17. The van der Waals surface area contributed by atoms with Crippen LogP contribution in [0.1, 0.15) is 19.3 Å². The lowest BCUT2D eigenvalue weighted by molar-refractivity contribution is -0.0547. The fraction of sp³-hybridized carbons (Fsp3) is 0.812. The van der Waals surface area contributed by atoms with Gasteiger partial charge in [0.2, 0.25) is 0 Å². The highest BCUT2D eigenvalue weighted by Gasteiger charge is 2.31. The molecule has 1 atom stereocenters. The molecular weight excluding hydrogens is 343 g/mol. The maximum absolute atomic E-state index is 10.2. The van der Waals surface area contributed by atoms with Gasteiger partial charge in [-0.25, -0.2) is 0 Å². The van der Waals surface area contributed by atoms with Crippen LogP contribution in [0.2, 0.25) is 0 Å². The Morgan fingerprint density at radius 1 is 0.840 bits per heavy atom. The van der Waals surface area contributed by atoms with Crippen LogP contribution in [-0.4, -0.2) is 58.5 Å². The molecule has 0 heterocycles. The van der Waals surface area contributed by atoms with Crippen LogP contribution in [0.3, 0.4) is 0 Å². The standard InChI is InChI=1S/C16H25N4O4P/c17-4-1-8-22-12-16(13-23-9-2-5-18,14-24-10-7-20-21)15-25-11-3-6-19/h25H,1-3,7-15H2. The molecule has 1 unspecified atom stereocenters. The zero-order chi connectivity index (χ0) is 18.6. The van der Waals surface area contributed by atoms with Crippen molar-refractivity contribution in [2.75, 3.05) is 58.5 Å². The van der Waals surface area contributed by atoms with Crippen LogP contribution < -0.4 is 0 Å². The summed E-state index contributed by atoms with van der Waals surface area (Å²) in [6.45, 7) is 2.01. The van der Waals surface area contributed by atoms with Crippen molar-refractivity contribution in [2.24, 2.45) is 10.6 Å². The van der Waals surface area contributed by atoms with Gasteiger partial charge in [0.25, 0.3) is 0 Å². The first-order valence-electron chi connectivity index (χ1n) is 8.08. The molecule has 0 aromatic rings. The molecule has 0 aromatic carbocycles. The van der Waals surface area contributed by atoms with E-state index in [2.05, 4.69) is 11.2 Å². The Morgan fingerprint density at radius 3 is 1.84 bits per heavy atom. The number of nitroso groups, excluding NO2 is 1. The summed E-state index contributed by atoms with van der Waals surface area (Å²) in [6, 6.07) is 6.19. The minimum Gasteiger partial charge on any atom is -0.380 e. The minimum atomic E-state index is -0.429. The third kappa shape index (κ3) is 13.4. The van der Waals surface area contributed by atoms with Crippen molar-refractivity contribution in [1.82, 2.24) is 0 Å². The second-order valence-electron chi connectivity index (χ2n) is 5.41. The number of nitriles is 3. The predicted molar refractivity (Wildman–Crippen MR) is 94.3 cm³/mol. The van der Waals surface area contributed by atoms with E-state index in [4.69, 9.17) is 30.0 Å². The van der Waals surface area contributed by atoms with Gasteiger partial charge in [0, 0.05) is 11.8 Å². The molecule has 8 nitrogen and oxygen atoms in total. The Balaban J connectivity index is 4.74. The minimum absolute atomic E-state index is 0.0807. The van der Waals surface area contributed by atoms with E-state index in [1.54, 1.807) is 0 Å². The second-order valence-corrected chi connectivity index (χ2v) is 6.77. The maximum atomic E-state index is 10.2. The van der Waals surface area contributed by atoms with Gasteiger partial charge < -0.3 is 14.2 Å². The van der Waals surface area contributed by atoms with Gasteiger partial charge in [-0.1, -0.05) is 5.18 Å². The van der Waals surface area contributed by atoms with E-state index < -0.39 is 5.41 Å². The van der Waals surface area contributed by atoms with Crippen LogP contribution in [0.4, 0.5) is 0 Å². The molecule has 0 aliphatic heterocycles. The van der Waals surface area contributed by atoms with Crippen LogP contribution >= 0.6 is 8.58 Å². The van der Waals surface area contributed by atoms with E-state index in [9.17, 15) is 4.91 Å². The molecule has 0 aromatic heterocycles. The lowest BCUT2D eigenvalue weighted by atomic mass is 9.93. The van der Waals surface area contributed by atoms with Crippen molar-refractivity contribution >= 4 is 8.58 Å². The number of hydrogen-bond donors (Lipinski definition) is 0. The molecule has 0 saturated heterocycles. The average Bonchev–Trinajstić information content (AvgIpc) is 2.63. The highest BCUT2D eigenvalue weighted by atomic mass is 31.1. The van der Waals surface area contributed by atoms with Crippen molar-refractivity contribution in [2.45, 2.75) is 19.3 Å². The third-order valence-electron chi connectivity index (χ3n) is 3.18. The normalized spacial score (nSPS) is 11.1. The molecule has 138 valence electrons. The Kier molecular flexibility index (Phi) is 16.1. The van der Waals surface area contributed by atoms with Gasteiger partial charge in [-0.3, -0.25) is 0 Å². The molecule has 0 radical (unpaired) electrons. The van der Waals surface area contributed by atoms with Crippen molar-refractivity contribution in [3.05, 3.63) is 4.91 Å². The molecule has 9 heteroatoms. The fourth-order valence-corrected chi connectivity index (χ4v) is 3.28. The summed E-state index contributed by atoms with van der Waals surface area (Å²) in [5.41, 5.74) is -0.429. The highest BCUT2D eigenvalue weighted by molar-refractivity contribution is 7.38. The molecule has 0 aliphatic rings. The Hall–Kier alpha value is -1.62. The van der Waals surface area contributed by atoms with E-state index in [0.717, 1.165) is 12.3 Å². The summed E-state index contributed by atoms with van der Waals surface area (Å²) in [5, 5.41) is 28.7. The summed E-state index contributed by atoms with van der Waals surface area (Å²) in [6.07, 6.45) is 2.65. The number of hydrogen-bond acceptors (Lipinski definition) is 8. The zero-order valence-electron chi connectivity index (χ0n) is 14.4. The summed E-state index contributed by atoms with van der Waals surface area (Å²) >= 11 is 0. The first-order chi connectivity index (χ1) is 12.2. The molecule has 0 fully saturated rings. The SMILES string of the molecule is N#CCCOCC(COCCC#N)(COCCN=O)CPCCC#N. The summed E-state index contributed by atoms with van der Waals surface area (Å²) in [7, 11) is 0.549. The molecule has 0 saturated carbocycles. The Morgan fingerprint density at radius 2 is 1.36 bits per heavy atom. The van der Waals surface area contributed by atoms with Crippen LogP contribution in [0.25, 0.3) is 0 Å². The van der Waals surface area contributed by atoms with Gasteiger partial charge in [-0.2, -0.15) is 20.7 Å². The average molecular weight is 368 g/mol. The molecule has 0 amide bonds. The summed E-state index contributed by atoms with van der Waals surface area (Å²) in [5.74, 6) is 0. The molecule has 0 bridgehead atoms. The van der Waals surface area contributed by atoms with E-state index >= 15 is 0 Å². The van der Waals surface area contributed by atoms with Crippen molar-refractivity contribution in [1.29, 1.82) is 15.8 Å². The molecular formula is C16H25N4O4P. The summed E-state index contributed by atoms with van der Waals surface area (Å²) < 4.78 is 16.8. The van der Waals surface area contributed by atoms with Gasteiger partial charge in [0.15, 0.2) is 0 Å². The van der Waals surface area contributed by atoms with E-state index in [1.165, 1.54) is 0 Å². The lowest BCUT2D eigenvalue weighted by Gasteiger charge is -2.33. The smallest absolute Gasteiger partial charge is 0.104 e. The quantitative estimate of drug-likeness (QED) is 0.219. The van der Waals surface area contributed by atoms with E-state index in [-0.39, 0.29) is 13.2 Å². The first kappa shape index (κ1) is 23.4. The number of nitrogens with zero attached hydrogens (tertiary/aromatic N) is 4. The van der Waals surface area contributed by atoms with Crippen LogP contribution in [0.5, 0.6) is 0 Å². The monoisotopic (exact) mass is 368 g/mol. The fourth-order valence-electron chi connectivity index (χ4n) is 1.98. The highest BCUT2D eigenvalue weighted by Crippen LogP contribution is 2.29. The van der Waals surface area contributed by atoms with Crippen LogP contribution in [0, 0.1) is 44.3 Å².